The van der Waals surface area contributed by atoms with Gasteiger partial charge in [-0.15, -0.1) is 10.7 Å². The van der Waals surface area contributed by atoms with E-state index in [1.807, 2.05) is 91.0 Å². The topological polar surface area (TPSA) is 79.6 Å². The summed E-state index contributed by atoms with van der Waals surface area (Å²) in [5, 5.41) is 3.47. The molecule has 1 aromatic heterocycles. The number of hydrogen-bond donors (Lipinski definition) is 1. The van der Waals surface area contributed by atoms with Crippen LogP contribution < -0.4 is 14.3 Å². The number of aromatic nitrogens is 1. The minimum absolute atomic E-state index is 0.608. The normalized spacial score (nSPS) is 17.5. The van der Waals surface area contributed by atoms with Crippen LogP contribution in [0.3, 0.4) is 0 Å². The number of hydrogen-bond acceptors (Lipinski definition) is 5. The molecule has 1 aliphatic rings. The van der Waals surface area contributed by atoms with Gasteiger partial charge in [0.25, 0.3) is 5.91 Å². The van der Waals surface area contributed by atoms with Gasteiger partial charge in [-0.3, -0.25) is 10.1 Å². The Hall–Kier alpha value is -4.45. The quantitative estimate of drug-likeness (QED) is 0.171. The van der Waals surface area contributed by atoms with E-state index >= 15 is 0 Å². The summed E-state index contributed by atoms with van der Waals surface area (Å²) >= 11 is 0. The highest BCUT2D eigenvalue weighted by molar-refractivity contribution is 7.85. The first-order valence-electron chi connectivity index (χ1n) is 11.6. The number of pyridine rings is 1. The van der Waals surface area contributed by atoms with Crippen LogP contribution in [0.5, 0.6) is 0 Å². The van der Waals surface area contributed by atoms with Gasteiger partial charge < -0.3 is 0 Å². The zero-order valence-electron chi connectivity index (χ0n) is 19.7. The molecule has 1 aliphatic heterocycles. The van der Waals surface area contributed by atoms with Gasteiger partial charge in [0.2, 0.25) is 12.4 Å². The van der Waals surface area contributed by atoms with Gasteiger partial charge in [-0.2, -0.15) is 12.7 Å². The number of nitrogens with zero attached hydrogens (tertiary/aromatic N) is 2. The van der Waals surface area contributed by atoms with Crippen molar-refractivity contribution in [3.63, 3.8) is 0 Å². The molecule has 0 radical (unpaired) electrons. The number of benzene rings is 3. The van der Waals surface area contributed by atoms with Gasteiger partial charge in [0.1, 0.15) is 12.1 Å². The standard InChI is InChI=1S/C29H24N3O4S/c1-2-26-27(28(33)32(26)37(34,35)36-31-21-13-6-14-22-31)30-29(23-15-7-3-8-16-23,24-17-9-4-10-18-24)25-19-11-5-12-20-25/h1,3-22,26-27,30H/q+1/t26-,27-/m0/s1. The average molecular weight is 511 g/mol. The lowest BCUT2D eigenvalue weighted by molar-refractivity contribution is -0.857. The van der Waals surface area contributed by atoms with Crippen molar-refractivity contribution in [3.8, 4) is 12.3 Å². The smallest absolute Gasteiger partial charge is 0.286 e. The molecule has 5 rings (SSSR count). The summed E-state index contributed by atoms with van der Waals surface area (Å²) in [6, 6.07) is 31.8. The van der Waals surface area contributed by atoms with Crippen LogP contribution in [-0.4, -0.2) is 30.7 Å². The number of carbonyl (C=O) groups excluding carboxylic acids is 1. The summed E-state index contributed by atoms with van der Waals surface area (Å²) in [6.45, 7) is 0. The van der Waals surface area contributed by atoms with Crippen LogP contribution in [0, 0.1) is 12.3 Å². The van der Waals surface area contributed by atoms with Crippen LogP contribution in [0.15, 0.2) is 122 Å². The lowest BCUT2D eigenvalue weighted by Gasteiger charge is -2.47. The molecule has 1 amide bonds. The second kappa shape index (κ2) is 9.90. The largest absolute Gasteiger partial charge is 0.467 e. The first kappa shape index (κ1) is 24.3. The molecule has 4 aromatic rings. The van der Waals surface area contributed by atoms with E-state index in [4.69, 9.17) is 10.7 Å². The number of amides is 1. The number of β-lactam (4-membered cyclic amide) rings is 1. The highest BCUT2D eigenvalue weighted by atomic mass is 32.2. The fourth-order valence-electron chi connectivity index (χ4n) is 4.64. The highest BCUT2D eigenvalue weighted by Gasteiger charge is 2.58. The summed E-state index contributed by atoms with van der Waals surface area (Å²) in [5.41, 5.74) is 1.61. The van der Waals surface area contributed by atoms with E-state index in [-0.39, 0.29) is 0 Å². The molecule has 0 bridgehead atoms. The van der Waals surface area contributed by atoms with Crippen molar-refractivity contribution in [1.29, 1.82) is 0 Å². The van der Waals surface area contributed by atoms with Crippen LogP contribution in [0.2, 0.25) is 0 Å². The van der Waals surface area contributed by atoms with Crippen LogP contribution in [0.4, 0.5) is 0 Å². The molecular formula is C29H24N3O4S+. The average Bonchev–Trinajstić information content (AvgIpc) is 2.93. The van der Waals surface area contributed by atoms with E-state index in [0.29, 0.717) is 4.31 Å². The molecule has 1 saturated heterocycles. The summed E-state index contributed by atoms with van der Waals surface area (Å²) in [4.78, 5) is 13.4. The van der Waals surface area contributed by atoms with Crippen molar-refractivity contribution < 1.29 is 22.2 Å². The monoisotopic (exact) mass is 510 g/mol. The van der Waals surface area contributed by atoms with Gasteiger partial charge in [-0.1, -0.05) is 103 Å². The van der Waals surface area contributed by atoms with Crippen molar-refractivity contribution in [2.45, 2.75) is 17.6 Å². The molecule has 8 heteroatoms. The van der Waals surface area contributed by atoms with Crippen LogP contribution in [0.25, 0.3) is 0 Å². The predicted octanol–water partition coefficient (Wildman–Crippen LogP) is 2.44. The Labute approximate surface area is 216 Å². The van der Waals surface area contributed by atoms with Crippen molar-refractivity contribution in [2.24, 2.45) is 0 Å². The van der Waals surface area contributed by atoms with Crippen molar-refractivity contribution in [2.75, 3.05) is 0 Å². The number of rotatable bonds is 8. The van der Waals surface area contributed by atoms with E-state index in [9.17, 15) is 13.2 Å². The van der Waals surface area contributed by atoms with Gasteiger partial charge in [-0.25, -0.2) is 0 Å². The predicted molar refractivity (Wildman–Crippen MR) is 138 cm³/mol. The maximum atomic E-state index is 13.4. The van der Waals surface area contributed by atoms with Crippen LogP contribution in [-0.2, 0) is 20.6 Å². The minimum Gasteiger partial charge on any atom is -0.286 e. The third kappa shape index (κ3) is 4.35. The Kier molecular flexibility index (Phi) is 6.49. The third-order valence-electron chi connectivity index (χ3n) is 6.32. The lowest BCUT2D eigenvalue weighted by atomic mass is 9.75. The van der Waals surface area contributed by atoms with Gasteiger partial charge in [0, 0.05) is 16.9 Å². The fraction of sp³-hybridized carbons (Fsp3) is 0.103. The fourth-order valence-corrected chi connectivity index (χ4v) is 5.82. The van der Waals surface area contributed by atoms with Gasteiger partial charge >= 0.3 is 10.3 Å². The Bertz CT molecular complexity index is 1430. The zero-order valence-corrected chi connectivity index (χ0v) is 20.5. The SMILES string of the molecule is C#C[C@H]1[C@H](NC(c2ccccc2)(c2ccccc2)c2ccccc2)C(=O)N1S(=O)(=O)O[n+]1ccccc1. The molecule has 0 unspecified atom stereocenters. The molecule has 184 valence electrons. The first-order chi connectivity index (χ1) is 18.0. The maximum Gasteiger partial charge on any atom is 0.467 e. The van der Waals surface area contributed by atoms with Crippen LogP contribution >= 0.6 is 0 Å². The summed E-state index contributed by atoms with van der Waals surface area (Å²) in [5.74, 6) is 1.77. The van der Waals surface area contributed by atoms with Crippen molar-refractivity contribution >= 4 is 16.2 Å². The molecule has 1 fully saturated rings. The lowest BCUT2D eigenvalue weighted by Crippen LogP contribution is -2.75. The Morgan fingerprint density at radius 1 is 0.784 bits per heavy atom. The number of nitrogens with one attached hydrogen (secondary N) is 1. The molecule has 2 heterocycles. The van der Waals surface area contributed by atoms with E-state index in [0.717, 1.165) is 21.4 Å². The minimum atomic E-state index is -4.51. The second-order valence-electron chi connectivity index (χ2n) is 8.48. The molecule has 3 aromatic carbocycles. The Morgan fingerprint density at radius 3 is 1.65 bits per heavy atom. The summed E-state index contributed by atoms with van der Waals surface area (Å²) in [7, 11) is -4.51. The number of carbonyl (C=O) groups is 1. The van der Waals surface area contributed by atoms with Crippen molar-refractivity contribution in [3.05, 3.63) is 138 Å². The van der Waals surface area contributed by atoms with Gasteiger partial charge in [0.15, 0.2) is 0 Å². The number of terminal acetylenes is 1. The second-order valence-corrected chi connectivity index (χ2v) is 9.88. The maximum absolute atomic E-state index is 13.4. The molecule has 37 heavy (non-hydrogen) atoms. The van der Waals surface area contributed by atoms with E-state index in [1.54, 1.807) is 18.2 Å². The molecule has 7 nitrogen and oxygen atoms in total. The molecule has 0 saturated carbocycles. The van der Waals surface area contributed by atoms with Gasteiger partial charge in [0.05, 0.1) is 5.54 Å². The Morgan fingerprint density at radius 2 is 1.22 bits per heavy atom. The van der Waals surface area contributed by atoms with E-state index in [2.05, 4.69) is 11.2 Å². The highest BCUT2D eigenvalue weighted by Crippen LogP contribution is 2.39. The molecule has 0 spiro atoms. The molecular weight excluding hydrogens is 486 g/mol. The van der Waals surface area contributed by atoms with Crippen molar-refractivity contribution in [1.82, 2.24) is 9.62 Å². The van der Waals surface area contributed by atoms with Crippen LogP contribution in [0.1, 0.15) is 16.7 Å². The first-order valence-corrected chi connectivity index (χ1v) is 13.0. The third-order valence-corrected chi connectivity index (χ3v) is 7.57. The molecule has 0 aliphatic carbocycles. The van der Waals surface area contributed by atoms with E-state index < -0.39 is 33.8 Å². The summed E-state index contributed by atoms with van der Waals surface area (Å²) in [6.07, 6.45) is 8.61. The Balaban J connectivity index is 1.58. The van der Waals surface area contributed by atoms with E-state index in [1.165, 1.54) is 12.4 Å². The summed E-state index contributed by atoms with van der Waals surface area (Å²) < 4.78 is 32.8. The van der Waals surface area contributed by atoms with Gasteiger partial charge in [-0.05, 0) is 16.7 Å². The zero-order chi connectivity index (χ0) is 25.9. The molecule has 1 N–H and O–H groups in total. The molecule has 2 atom stereocenters.